The lowest BCUT2D eigenvalue weighted by Gasteiger charge is -2.49. The van der Waals surface area contributed by atoms with E-state index in [1.54, 1.807) is 0 Å². The molecule has 0 fully saturated rings. The number of hydrogen-bond donors (Lipinski definition) is 0. The molecule has 0 aliphatic rings. The number of hydrogen-bond acceptors (Lipinski definition) is 7. The SMILES string of the molecule is CC(C)N(OP(=O)(ON(C(C)C)C(C)(CCC[Si](C)(C)C)CC[Si](C)(C)C)ON(C(C)C)C(C)(CCC[Si](C)(C)C)CC[Si](C)(C)C)C(C)(CCC[Si](C)(C)C)CC[Si](C)(C)C. The van der Waals surface area contributed by atoms with Crippen molar-refractivity contribution in [3.8, 4) is 0 Å². The van der Waals surface area contributed by atoms with E-state index >= 15 is 4.57 Å². The number of hydroxylamine groups is 6. The summed E-state index contributed by atoms with van der Waals surface area (Å²) in [6, 6.07) is 7.16. The van der Waals surface area contributed by atoms with Crippen LogP contribution in [0.15, 0.2) is 0 Å². The second-order valence-corrected chi connectivity index (χ2v) is 64.0. The Morgan fingerprint density at radius 2 is 0.532 bits per heavy atom. The summed E-state index contributed by atoms with van der Waals surface area (Å²) in [5.41, 5.74) is -1.05. The maximum Gasteiger partial charge on any atom is 0.525 e. The minimum Gasteiger partial charge on any atom is -0.223 e. The Morgan fingerprint density at radius 3 is 0.677 bits per heavy atom. The number of nitrogens with zero attached hydrogens (tertiary/aromatic N) is 3. The van der Waals surface area contributed by atoms with Crippen LogP contribution >= 0.6 is 7.82 Å². The van der Waals surface area contributed by atoms with Gasteiger partial charge >= 0.3 is 7.82 Å². The van der Waals surface area contributed by atoms with Gasteiger partial charge in [0.1, 0.15) is 0 Å². The van der Waals surface area contributed by atoms with Gasteiger partial charge in [-0.3, -0.25) is 0 Å². The topological polar surface area (TPSA) is 54.5 Å². The third kappa shape index (κ3) is 26.7. The van der Waals surface area contributed by atoms with E-state index in [0.717, 1.165) is 57.8 Å². The predicted octanol–water partition coefficient (Wildman–Crippen LogP) is 17.8. The van der Waals surface area contributed by atoms with E-state index < -0.39 is 56.3 Å². The van der Waals surface area contributed by atoms with Crippen molar-refractivity contribution in [3.05, 3.63) is 0 Å². The summed E-state index contributed by atoms with van der Waals surface area (Å²) < 4.78 is 38.5. The van der Waals surface area contributed by atoms with Gasteiger partial charge in [-0.2, -0.15) is 29.1 Å². The van der Waals surface area contributed by atoms with Crippen LogP contribution in [0.2, 0.25) is 154 Å². The van der Waals surface area contributed by atoms with Crippen molar-refractivity contribution in [1.29, 1.82) is 0 Å². The normalized spacial score (nSPS) is 18.3. The Morgan fingerprint density at radius 1 is 0.355 bits per heavy atom. The molecule has 0 amide bonds. The second-order valence-electron chi connectivity index (χ2n) is 28.9. The summed E-state index contributed by atoms with van der Waals surface area (Å²) in [6.07, 6.45) is 9.31. The first-order valence-corrected chi connectivity index (χ1v) is 49.1. The van der Waals surface area contributed by atoms with Gasteiger partial charge < -0.3 is 0 Å². The summed E-state index contributed by atoms with van der Waals surface area (Å²) in [5, 5.41) is 6.35. The molecule has 0 radical (unpaired) electrons. The minimum absolute atomic E-state index is 0.0425. The lowest BCUT2D eigenvalue weighted by molar-refractivity contribution is -0.265. The van der Waals surface area contributed by atoms with Crippen molar-refractivity contribution in [1.82, 2.24) is 15.2 Å². The van der Waals surface area contributed by atoms with Crippen LogP contribution in [0.5, 0.6) is 0 Å². The minimum atomic E-state index is -4.39. The molecule has 0 bridgehead atoms. The van der Waals surface area contributed by atoms with Gasteiger partial charge in [0.2, 0.25) is 0 Å². The maximum atomic E-state index is 16.7. The van der Waals surface area contributed by atoms with Crippen LogP contribution in [0, 0.1) is 0 Å². The highest BCUT2D eigenvalue weighted by atomic mass is 31.2. The third-order valence-electron chi connectivity index (χ3n) is 12.7. The first-order valence-electron chi connectivity index (χ1n) is 25.4. The lowest BCUT2D eigenvalue weighted by Crippen LogP contribution is -2.54. The van der Waals surface area contributed by atoms with Gasteiger partial charge in [0.25, 0.3) is 0 Å². The maximum absolute atomic E-state index is 16.7. The molecule has 0 N–H and O–H groups in total. The zero-order valence-electron chi connectivity index (χ0n) is 47.3. The van der Waals surface area contributed by atoms with Gasteiger partial charge in [-0.25, -0.2) is 4.57 Å². The molecule has 0 saturated carbocycles. The molecule has 0 aromatic heterocycles. The molecule has 0 rings (SSSR count). The highest BCUT2D eigenvalue weighted by Crippen LogP contribution is 2.58. The third-order valence-corrected chi connectivity index (χ3v) is 24.7. The monoisotopic (exact) mass is 996 g/mol. The standard InChI is InChI=1S/C48H114N3O4PSi6/c1-43(2)49(46(7,34-40-60(19,20)21)31-28-37-57(10,11)12)53-56(52,54-50(44(3)4)47(8,35-41-61(22,23)24)32-29-38-58(13,14)15)55-51(45(5)6)48(9,36-42-62(25,26)27)33-30-39-59(16,17)18/h43-45H,28-42H2,1-27H3. The molecule has 3 atom stereocenters. The molecule has 7 nitrogen and oxygen atoms in total. The number of rotatable bonds is 33. The molecule has 0 aromatic rings. The first kappa shape index (κ1) is 63.3. The quantitative estimate of drug-likeness (QED) is 0.0369. The predicted molar refractivity (Wildman–Crippen MR) is 297 cm³/mol. The first-order chi connectivity index (χ1) is 27.4. The second kappa shape index (κ2) is 24.7. The molecule has 0 saturated heterocycles. The fraction of sp³-hybridized carbons (Fsp3) is 1.00. The Kier molecular flexibility index (Phi) is 25.2. The van der Waals surface area contributed by atoms with Crippen LogP contribution in [0.3, 0.4) is 0 Å². The van der Waals surface area contributed by atoms with Crippen LogP contribution < -0.4 is 0 Å². The molecule has 0 heterocycles. The van der Waals surface area contributed by atoms with Crippen LogP contribution in [-0.4, -0.2) is 98.4 Å². The van der Waals surface area contributed by atoms with Gasteiger partial charge in [0.15, 0.2) is 0 Å². The Bertz CT molecular complexity index is 1180. The Balaban J connectivity index is 8.10. The molecular weight excluding hydrogens is 882 g/mol. The van der Waals surface area contributed by atoms with Crippen LogP contribution in [0.25, 0.3) is 0 Å². The summed E-state index contributed by atoms with van der Waals surface area (Å²) >= 11 is 0. The molecule has 0 aliphatic heterocycles. The largest absolute Gasteiger partial charge is 0.525 e. The van der Waals surface area contributed by atoms with E-state index in [0.29, 0.717) is 0 Å². The van der Waals surface area contributed by atoms with Crippen molar-refractivity contribution >= 4 is 56.3 Å². The zero-order valence-corrected chi connectivity index (χ0v) is 54.2. The highest BCUT2D eigenvalue weighted by molar-refractivity contribution is 7.48. The van der Waals surface area contributed by atoms with Gasteiger partial charge in [-0.1, -0.05) is 173 Å². The van der Waals surface area contributed by atoms with Gasteiger partial charge in [0.05, 0.1) is 0 Å². The summed E-state index contributed by atoms with van der Waals surface area (Å²) in [4.78, 5) is 0. The summed E-state index contributed by atoms with van der Waals surface area (Å²) in [5.74, 6) is 0. The van der Waals surface area contributed by atoms with Gasteiger partial charge in [0, 0.05) is 83.2 Å². The average molecular weight is 997 g/mol. The van der Waals surface area contributed by atoms with Crippen molar-refractivity contribution in [3.63, 3.8) is 0 Å². The molecule has 14 heteroatoms. The fourth-order valence-corrected chi connectivity index (χ4v) is 18.3. The van der Waals surface area contributed by atoms with Crippen molar-refractivity contribution in [2.45, 2.75) is 309 Å². The molecule has 0 spiro atoms. The van der Waals surface area contributed by atoms with Gasteiger partial charge in [-0.05, 0) is 101 Å². The van der Waals surface area contributed by atoms with Crippen molar-refractivity contribution < 1.29 is 18.4 Å². The van der Waals surface area contributed by atoms with Crippen LogP contribution in [-0.2, 0) is 18.4 Å². The zero-order chi connectivity index (χ0) is 49.2. The van der Waals surface area contributed by atoms with E-state index in [-0.39, 0.29) is 34.7 Å². The molecule has 0 aliphatic carbocycles. The lowest BCUT2D eigenvalue weighted by atomic mass is 9.91. The molecule has 374 valence electrons. The number of phosphoric acid groups is 1. The van der Waals surface area contributed by atoms with Crippen molar-refractivity contribution in [2.24, 2.45) is 0 Å². The Hall–Kier alpha value is 1.29. The average Bonchev–Trinajstić information content (AvgIpc) is 3.03. The van der Waals surface area contributed by atoms with E-state index in [1.807, 2.05) is 0 Å². The van der Waals surface area contributed by atoms with E-state index in [9.17, 15) is 0 Å². The Labute approximate surface area is 396 Å². The smallest absolute Gasteiger partial charge is 0.223 e. The highest BCUT2D eigenvalue weighted by Gasteiger charge is 2.50. The summed E-state index contributed by atoms with van der Waals surface area (Å²) in [7, 11) is -12.5. The van der Waals surface area contributed by atoms with Crippen LogP contribution in [0.4, 0.5) is 0 Å². The van der Waals surface area contributed by atoms with Gasteiger partial charge in [-0.15, -0.1) is 0 Å². The van der Waals surface area contributed by atoms with E-state index in [4.69, 9.17) is 13.9 Å². The fourth-order valence-electron chi connectivity index (χ4n) is 8.78. The molecular formula is C48H114N3O4PSi6. The molecule has 62 heavy (non-hydrogen) atoms. The van der Waals surface area contributed by atoms with Crippen molar-refractivity contribution in [2.75, 3.05) is 0 Å². The van der Waals surface area contributed by atoms with Crippen LogP contribution in [0.1, 0.15) is 120 Å². The molecule has 3 unspecified atom stereocenters. The van der Waals surface area contributed by atoms with E-state index in [1.165, 1.54) is 36.3 Å². The summed E-state index contributed by atoms with van der Waals surface area (Å²) in [6.45, 7) is 64.9. The van der Waals surface area contributed by atoms with E-state index in [2.05, 4.69) is 195 Å². The molecule has 0 aromatic carbocycles.